The van der Waals surface area contributed by atoms with E-state index in [2.05, 4.69) is 4.72 Å². The van der Waals surface area contributed by atoms with Crippen molar-refractivity contribution in [3.05, 3.63) is 24.0 Å². The molecule has 0 aliphatic carbocycles. The maximum Gasteiger partial charge on any atom is 0.240 e. The minimum Gasteiger partial charge on any atom is -0.396 e. The quantitative estimate of drug-likeness (QED) is 0.810. The fourth-order valence-electron chi connectivity index (χ4n) is 1.12. The number of benzene rings is 1. The molecular weight excluding hydrogens is 243 g/mol. The molecule has 0 radical (unpaired) electrons. The summed E-state index contributed by atoms with van der Waals surface area (Å²) in [5.74, 6) is -0.575. The van der Waals surface area contributed by atoms with Crippen molar-refractivity contribution in [3.63, 3.8) is 0 Å². The van der Waals surface area contributed by atoms with Crippen LogP contribution in [-0.4, -0.2) is 14.5 Å². The second-order valence-electron chi connectivity index (χ2n) is 4.34. The van der Waals surface area contributed by atoms with Crippen molar-refractivity contribution in [1.29, 1.82) is 0 Å². The van der Waals surface area contributed by atoms with Crippen LogP contribution >= 0.6 is 0 Å². The second-order valence-corrected chi connectivity index (χ2v) is 6.05. The molecule has 1 aromatic rings. The first-order chi connectivity index (χ1) is 7.74. The molecule has 3 N–H and O–H groups in total. The number of rotatable bonds is 4. The van der Waals surface area contributed by atoms with Crippen LogP contribution in [0.15, 0.2) is 23.1 Å². The smallest absolute Gasteiger partial charge is 0.240 e. The molecule has 0 bridgehead atoms. The van der Waals surface area contributed by atoms with E-state index in [0.29, 0.717) is 0 Å². The van der Waals surface area contributed by atoms with Gasteiger partial charge < -0.3 is 5.73 Å². The Morgan fingerprint density at radius 1 is 1.29 bits per heavy atom. The number of anilines is 1. The summed E-state index contributed by atoms with van der Waals surface area (Å²) in [5, 5.41) is 0. The van der Waals surface area contributed by atoms with E-state index in [4.69, 9.17) is 5.73 Å². The van der Waals surface area contributed by atoms with Crippen molar-refractivity contribution < 1.29 is 12.8 Å². The molecule has 0 heterocycles. The third-order valence-electron chi connectivity index (χ3n) is 2.62. The molecule has 0 saturated heterocycles. The van der Waals surface area contributed by atoms with Crippen molar-refractivity contribution in [3.8, 4) is 0 Å². The Hall–Kier alpha value is -1.14. The minimum atomic E-state index is -3.69. The van der Waals surface area contributed by atoms with E-state index in [1.807, 2.05) is 13.8 Å². The average molecular weight is 260 g/mol. The first-order valence-electron chi connectivity index (χ1n) is 5.31. The van der Waals surface area contributed by atoms with Crippen LogP contribution in [0.3, 0.4) is 0 Å². The standard InChI is InChI=1S/C11H17FN2O2S/c1-7(2)8(3)14-17(15,16)9-4-5-11(13)10(12)6-9/h4-8,14H,13H2,1-3H3. The number of hydrogen-bond acceptors (Lipinski definition) is 3. The number of sulfonamides is 1. The van der Waals surface area contributed by atoms with Crippen LogP contribution in [0.2, 0.25) is 0 Å². The van der Waals surface area contributed by atoms with Crippen LogP contribution in [0.25, 0.3) is 0 Å². The molecule has 4 nitrogen and oxygen atoms in total. The highest BCUT2D eigenvalue weighted by atomic mass is 32.2. The topological polar surface area (TPSA) is 72.2 Å². The van der Waals surface area contributed by atoms with Gasteiger partial charge in [0, 0.05) is 6.04 Å². The van der Waals surface area contributed by atoms with E-state index in [1.165, 1.54) is 12.1 Å². The summed E-state index contributed by atoms with van der Waals surface area (Å²) in [6.07, 6.45) is 0. The molecule has 1 atom stereocenters. The average Bonchev–Trinajstić information content (AvgIpc) is 2.21. The molecule has 0 fully saturated rings. The molecule has 6 heteroatoms. The van der Waals surface area contributed by atoms with E-state index in [1.54, 1.807) is 6.92 Å². The zero-order valence-electron chi connectivity index (χ0n) is 10.1. The molecule has 1 aromatic carbocycles. The summed E-state index contributed by atoms with van der Waals surface area (Å²) in [6, 6.07) is 3.23. The lowest BCUT2D eigenvalue weighted by molar-refractivity contribution is 0.476. The van der Waals surface area contributed by atoms with E-state index in [-0.39, 0.29) is 22.5 Å². The molecule has 0 aliphatic heterocycles. The number of nitrogen functional groups attached to an aromatic ring is 1. The summed E-state index contributed by atoms with van der Waals surface area (Å²) in [7, 11) is -3.69. The second kappa shape index (κ2) is 5.01. The van der Waals surface area contributed by atoms with Crippen molar-refractivity contribution >= 4 is 15.7 Å². The van der Waals surface area contributed by atoms with Gasteiger partial charge in [-0.3, -0.25) is 0 Å². The Balaban J connectivity index is 3.01. The lowest BCUT2D eigenvalue weighted by Gasteiger charge is -2.17. The molecule has 17 heavy (non-hydrogen) atoms. The van der Waals surface area contributed by atoms with Crippen LogP contribution in [0.1, 0.15) is 20.8 Å². The maximum absolute atomic E-state index is 13.2. The highest BCUT2D eigenvalue weighted by molar-refractivity contribution is 7.89. The van der Waals surface area contributed by atoms with Crippen molar-refractivity contribution in [1.82, 2.24) is 4.72 Å². The highest BCUT2D eigenvalue weighted by Gasteiger charge is 2.20. The van der Waals surface area contributed by atoms with Gasteiger partial charge in [-0.15, -0.1) is 0 Å². The van der Waals surface area contributed by atoms with E-state index in [9.17, 15) is 12.8 Å². The third kappa shape index (κ3) is 3.41. The summed E-state index contributed by atoms with van der Waals surface area (Å²) in [6.45, 7) is 5.56. The number of halogens is 1. The zero-order chi connectivity index (χ0) is 13.2. The molecule has 0 aromatic heterocycles. The highest BCUT2D eigenvalue weighted by Crippen LogP contribution is 2.17. The van der Waals surface area contributed by atoms with Gasteiger partial charge >= 0.3 is 0 Å². The summed E-state index contributed by atoms with van der Waals surface area (Å²) in [4.78, 5) is -0.114. The summed E-state index contributed by atoms with van der Waals surface area (Å²) in [5.41, 5.74) is 5.22. The number of hydrogen-bond donors (Lipinski definition) is 2. The Morgan fingerprint density at radius 3 is 2.35 bits per heavy atom. The first-order valence-corrected chi connectivity index (χ1v) is 6.79. The van der Waals surface area contributed by atoms with Crippen molar-refractivity contribution in [2.24, 2.45) is 5.92 Å². The van der Waals surface area contributed by atoms with Gasteiger partial charge in [-0.1, -0.05) is 13.8 Å². The predicted molar refractivity (Wildman–Crippen MR) is 65.4 cm³/mol. The summed E-state index contributed by atoms with van der Waals surface area (Å²) >= 11 is 0. The van der Waals surface area contributed by atoms with Crippen molar-refractivity contribution in [2.45, 2.75) is 31.7 Å². The fourth-order valence-corrected chi connectivity index (χ4v) is 2.53. The number of nitrogens with one attached hydrogen (secondary N) is 1. The molecular formula is C11H17FN2O2S. The SMILES string of the molecule is CC(C)C(C)NS(=O)(=O)c1ccc(N)c(F)c1. The maximum atomic E-state index is 13.2. The van der Waals surface area contributed by atoms with Gasteiger partial charge in [0.25, 0.3) is 0 Å². The van der Waals surface area contributed by atoms with Gasteiger partial charge in [-0.05, 0) is 31.0 Å². The third-order valence-corrected chi connectivity index (χ3v) is 4.18. The van der Waals surface area contributed by atoms with Gasteiger partial charge in [0.15, 0.2) is 0 Å². The Bertz CT molecular complexity index is 500. The first kappa shape index (κ1) is 13.9. The fraction of sp³-hybridized carbons (Fsp3) is 0.455. The van der Waals surface area contributed by atoms with Gasteiger partial charge in [-0.2, -0.15) is 0 Å². The monoisotopic (exact) mass is 260 g/mol. The Labute approximate surface area is 101 Å². The van der Waals surface area contributed by atoms with Crippen molar-refractivity contribution in [2.75, 3.05) is 5.73 Å². The molecule has 96 valence electrons. The van der Waals surface area contributed by atoms with E-state index in [0.717, 1.165) is 6.07 Å². The molecule has 0 saturated carbocycles. The van der Waals surface area contributed by atoms with Crippen LogP contribution in [0.4, 0.5) is 10.1 Å². The molecule has 0 spiro atoms. The van der Waals surface area contributed by atoms with Gasteiger partial charge in [-0.25, -0.2) is 17.5 Å². The Kier molecular flexibility index (Phi) is 4.11. The lowest BCUT2D eigenvalue weighted by Crippen LogP contribution is -2.36. The molecule has 1 rings (SSSR count). The molecule has 1 unspecified atom stereocenters. The molecule has 0 amide bonds. The van der Waals surface area contributed by atoms with E-state index >= 15 is 0 Å². The van der Waals surface area contributed by atoms with Crippen LogP contribution < -0.4 is 10.5 Å². The van der Waals surface area contributed by atoms with Gasteiger partial charge in [0.1, 0.15) is 5.82 Å². The van der Waals surface area contributed by atoms with Crippen LogP contribution in [0, 0.1) is 11.7 Å². The van der Waals surface area contributed by atoms with Crippen LogP contribution in [-0.2, 0) is 10.0 Å². The van der Waals surface area contributed by atoms with Gasteiger partial charge in [0.2, 0.25) is 10.0 Å². The zero-order valence-corrected chi connectivity index (χ0v) is 10.9. The minimum absolute atomic E-state index is 0.0686. The van der Waals surface area contributed by atoms with Gasteiger partial charge in [0.05, 0.1) is 10.6 Å². The normalized spacial score (nSPS) is 13.9. The number of nitrogens with two attached hydrogens (primary N) is 1. The predicted octanol–water partition coefficient (Wildman–Crippen LogP) is 1.73. The van der Waals surface area contributed by atoms with Crippen LogP contribution in [0.5, 0.6) is 0 Å². The lowest BCUT2D eigenvalue weighted by atomic mass is 10.1. The van der Waals surface area contributed by atoms with E-state index < -0.39 is 15.8 Å². The summed E-state index contributed by atoms with van der Waals surface area (Å²) < 4.78 is 39.5. The largest absolute Gasteiger partial charge is 0.396 e. The molecule has 0 aliphatic rings. The Morgan fingerprint density at radius 2 is 1.88 bits per heavy atom.